The van der Waals surface area contributed by atoms with Crippen LogP contribution in [0.1, 0.15) is 37.8 Å². The molecule has 1 aliphatic rings. The summed E-state index contributed by atoms with van der Waals surface area (Å²) in [7, 11) is 0. The molecule has 0 radical (unpaired) electrons. The maximum atomic E-state index is 8.89. The topological polar surface area (TPSA) is 76.9 Å². The largest absolute Gasteiger partial charge is 0.365 e. The van der Waals surface area contributed by atoms with Gasteiger partial charge in [-0.05, 0) is 49.9 Å². The van der Waals surface area contributed by atoms with E-state index < -0.39 is 0 Å². The van der Waals surface area contributed by atoms with Gasteiger partial charge in [0.2, 0.25) is 0 Å². The van der Waals surface area contributed by atoms with Gasteiger partial charge in [0.1, 0.15) is 0 Å². The number of hydrogen-bond donors (Lipinski definition) is 2. The number of nitrogens with one attached hydrogen (secondary N) is 2. The monoisotopic (exact) mass is 364 g/mol. The smallest absolute Gasteiger partial charge is 0.169 e. The Morgan fingerprint density at radius 1 is 1.19 bits per heavy atom. The Morgan fingerprint density at radius 3 is 2.56 bits per heavy atom. The fourth-order valence-electron chi connectivity index (χ4n) is 3.48. The third-order valence-corrected chi connectivity index (χ3v) is 5.12. The molecular formula is C21H28N6. The zero-order valence-electron chi connectivity index (χ0n) is 16.2. The van der Waals surface area contributed by atoms with Gasteiger partial charge in [-0.3, -0.25) is 4.90 Å². The van der Waals surface area contributed by atoms with Gasteiger partial charge in [0.15, 0.2) is 11.6 Å². The molecule has 2 aromatic rings. The Labute approximate surface area is 161 Å². The predicted molar refractivity (Wildman–Crippen MR) is 108 cm³/mol. The molecule has 142 valence electrons. The van der Waals surface area contributed by atoms with Crippen molar-refractivity contribution in [3.63, 3.8) is 0 Å². The molecule has 1 aromatic heterocycles. The summed E-state index contributed by atoms with van der Waals surface area (Å²) in [5, 5.41) is 15.7. The second-order valence-electron chi connectivity index (χ2n) is 7.39. The number of anilines is 2. The normalized spacial score (nSPS) is 18.5. The molecule has 2 unspecified atom stereocenters. The average Bonchev–Trinajstić information content (AvgIpc) is 2.71. The van der Waals surface area contributed by atoms with Crippen LogP contribution in [0.2, 0.25) is 0 Å². The molecule has 1 aliphatic heterocycles. The average molecular weight is 364 g/mol. The van der Waals surface area contributed by atoms with Gasteiger partial charge in [-0.1, -0.05) is 19.1 Å². The fourth-order valence-corrected chi connectivity index (χ4v) is 3.48. The standard InChI is InChI=1S/C21H28N6/c1-16-4-3-11-27(15-16)17(2)13-25-20-21(24-10-9-23-20)26-14-19-7-5-18(12-22)6-8-19/h5-10,16-17H,3-4,11,13-15H2,1-2H3,(H,23,25)(H,24,26). The molecule has 27 heavy (non-hydrogen) atoms. The molecule has 6 nitrogen and oxygen atoms in total. The van der Waals surface area contributed by atoms with Crippen LogP contribution in [0.4, 0.5) is 11.6 Å². The number of nitrogens with zero attached hydrogens (tertiary/aromatic N) is 4. The van der Waals surface area contributed by atoms with Crippen molar-refractivity contribution in [3.05, 3.63) is 47.8 Å². The lowest BCUT2D eigenvalue weighted by atomic mass is 9.99. The van der Waals surface area contributed by atoms with E-state index in [-0.39, 0.29) is 0 Å². The minimum atomic E-state index is 0.459. The molecule has 2 heterocycles. The Hall–Kier alpha value is -2.65. The second kappa shape index (κ2) is 9.33. The number of aromatic nitrogens is 2. The van der Waals surface area contributed by atoms with Crippen LogP contribution in [0, 0.1) is 17.2 Å². The summed E-state index contributed by atoms with van der Waals surface area (Å²) in [6.07, 6.45) is 6.03. The first kappa shape index (κ1) is 19.1. The van der Waals surface area contributed by atoms with Crippen molar-refractivity contribution in [1.82, 2.24) is 14.9 Å². The minimum Gasteiger partial charge on any atom is -0.365 e. The molecule has 0 amide bonds. The zero-order chi connectivity index (χ0) is 19.1. The number of nitriles is 1. The second-order valence-corrected chi connectivity index (χ2v) is 7.39. The number of piperidine rings is 1. The Balaban J connectivity index is 1.56. The number of likely N-dealkylation sites (tertiary alicyclic amines) is 1. The highest BCUT2D eigenvalue weighted by Gasteiger charge is 2.21. The maximum Gasteiger partial charge on any atom is 0.169 e. The lowest BCUT2D eigenvalue weighted by Gasteiger charge is -2.35. The van der Waals surface area contributed by atoms with Crippen LogP contribution in [0.5, 0.6) is 0 Å². The minimum absolute atomic E-state index is 0.459. The molecule has 6 heteroatoms. The van der Waals surface area contributed by atoms with E-state index in [1.807, 2.05) is 24.3 Å². The number of benzene rings is 1. The summed E-state index contributed by atoms with van der Waals surface area (Å²) < 4.78 is 0. The lowest BCUT2D eigenvalue weighted by Crippen LogP contribution is -2.43. The highest BCUT2D eigenvalue weighted by molar-refractivity contribution is 5.58. The Kier molecular flexibility index (Phi) is 6.61. The summed E-state index contributed by atoms with van der Waals surface area (Å²) in [6, 6.07) is 10.2. The lowest BCUT2D eigenvalue weighted by molar-refractivity contribution is 0.144. The molecule has 2 atom stereocenters. The van der Waals surface area contributed by atoms with E-state index in [1.54, 1.807) is 12.4 Å². The van der Waals surface area contributed by atoms with Crippen LogP contribution in [0.15, 0.2) is 36.7 Å². The molecule has 0 saturated carbocycles. The maximum absolute atomic E-state index is 8.89. The molecule has 1 saturated heterocycles. The zero-order valence-corrected chi connectivity index (χ0v) is 16.2. The highest BCUT2D eigenvalue weighted by atomic mass is 15.2. The van der Waals surface area contributed by atoms with Gasteiger partial charge in [-0.25, -0.2) is 9.97 Å². The van der Waals surface area contributed by atoms with Gasteiger partial charge < -0.3 is 10.6 Å². The first-order valence-corrected chi connectivity index (χ1v) is 9.67. The van der Waals surface area contributed by atoms with E-state index in [9.17, 15) is 0 Å². The van der Waals surface area contributed by atoms with Crippen molar-refractivity contribution < 1.29 is 0 Å². The van der Waals surface area contributed by atoms with Crippen molar-refractivity contribution in [3.8, 4) is 6.07 Å². The van der Waals surface area contributed by atoms with Crippen LogP contribution in [-0.2, 0) is 6.54 Å². The first-order valence-electron chi connectivity index (χ1n) is 9.67. The third kappa shape index (κ3) is 5.41. The van der Waals surface area contributed by atoms with Crippen LogP contribution in [0.3, 0.4) is 0 Å². The van der Waals surface area contributed by atoms with E-state index in [2.05, 4.69) is 45.4 Å². The molecule has 0 aliphatic carbocycles. The van der Waals surface area contributed by atoms with Crippen molar-refractivity contribution in [1.29, 1.82) is 5.26 Å². The molecule has 2 N–H and O–H groups in total. The van der Waals surface area contributed by atoms with Gasteiger partial charge in [0.05, 0.1) is 11.6 Å². The van der Waals surface area contributed by atoms with E-state index >= 15 is 0 Å². The van der Waals surface area contributed by atoms with Crippen LogP contribution >= 0.6 is 0 Å². The first-order chi connectivity index (χ1) is 13.2. The van der Waals surface area contributed by atoms with Crippen LogP contribution < -0.4 is 10.6 Å². The predicted octanol–water partition coefficient (Wildman–Crippen LogP) is 3.49. The molecule has 1 aromatic carbocycles. The van der Waals surface area contributed by atoms with Gasteiger partial charge >= 0.3 is 0 Å². The third-order valence-electron chi connectivity index (χ3n) is 5.12. The summed E-state index contributed by atoms with van der Waals surface area (Å²) in [6.45, 7) is 8.44. The SMILES string of the molecule is CC1CCCN(C(C)CNc2nccnc2NCc2ccc(C#N)cc2)C1. The van der Waals surface area contributed by atoms with E-state index in [1.165, 1.54) is 25.9 Å². The summed E-state index contributed by atoms with van der Waals surface area (Å²) in [5.74, 6) is 2.31. The summed E-state index contributed by atoms with van der Waals surface area (Å²) in [4.78, 5) is 11.4. The van der Waals surface area contributed by atoms with E-state index in [4.69, 9.17) is 5.26 Å². The van der Waals surface area contributed by atoms with E-state index in [0.29, 0.717) is 18.2 Å². The Bertz CT molecular complexity index is 767. The quantitative estimate of drug-likeness (QED) is 0.783. The molecule has 1 fully saturated rings. The fraction of sp³-hybridized carbons (Fsp3) is 0.476. The van der Waals surface area contributed by atoms with Gasteiger partial charge in [-0.2, -0.15) is 5.26 Å². The molecule has 3 rings (SSSR count). The van der Waals surface area contributed by atoms with Crippen molar-refractivity contribution in [2.75, 3.05) is 30.3 Å². The molecule has 0 bridgehead atoms. The highest BCUT2D eigenvalue weighted by Crippen LogP contribution is 2.19. The number of rotatable bonds is 7. The van der Waals surface area contributed by atoms with Crippen LogP contribution in [-0.4, -0.2) is 40.5 Å². The van der Waals surface area contributed by atoms with Crippen molar-refractivity contribution in [2.45, 2.75) is 39.3 Å². The van der Waals surface area contributed by atoms with Crippen molar-refractivity contribution in [2.24, 2.45) is 5.92 Å². The van der Waals surface area contributed by atoms with Crippen molar-refractivity contribution >= 4 is 11.6 Å². The van der Waals surface area contributed by atoms with Gasteiger partial charge in [-0.15, -0.1) is 0 Å². The Morgan fingerprint density at radius 2 is 1.89 bits per heavy atom. The summed E-state index contributed by atoms with van der Waals surface area (Å²) in [5.41, 5.74) is 1.77. The van der Waals surface area contributed by atoms with E-state index in [0.717, 1.165) is 29.7 Å². The number of hydrogen-bond acceptors (Lipinski definition) is 6. The van der Waals surface area contributed by atoms with Gasteiger partial charge in [0.25, 0.3) is 0 Å². The molecular weight excluding hydrogens is 336 g/mol. The van der Waals surface area contributed by atoms with Crippen LogP contribution in [0.25, 0.3) is 0 Å². The summed E-state index contributed by atoms with van der Waals surface area (Å²) >= 11 is 0. The molecule has 0 spiro atoms. The van der Waals surface area contributed by atoms with Gasteiger partial charge in [0, 0.05) is 38.1 Å².